The predicted molar refractivity (Wildman–Crippen MR) is 176 cm³/mol. The number of rotatable bonds is 8. The minimum absolute atomic E-state index is 0.000491. The van der Waals surface area contributed by atoms with Gasteiger partial charge in [-0.15, -0.1) is 11.3 Å². The van der Waals surface area contributed by atoms with E-state index in [9.17, 15) is 19.1 Å². The van der Waals surface area contributed by atoms with E-state index in [-0.39, 0.29) is 91.6 Å². The molecule has 3 saturated heterocycles. The fourth-order valence-corrected chi connectivity index (χ4v) is 8.91. The summed E-state index contributed by atoms with van der Waals surface area (Å²) in [6.07, 6.45) is 3.17. The average molecular weight is 684 g/mol. The lowest BCUT2D eigenvalue weighted by Crippen LogP contribution is -2.51. The van der Waals surface area contributed by atoms with Crippen molar-refractivity contribution in [1.29, 1.82) is 5.26 Å². The van der Waals surface area contributed by atoms with Gasteiger partial charge >= 0.3 is 6.01 Å². The van der Waals surface area contributed by atoms with E-state index in [1.54, 1.807) is 6.07 Å². The number of likely N-dealkylation sites (tertiary alicyclic amines) is 1. The van der Waals surface area contributed by atoms with Crippen molar-refractivity contribution in [3.8, 4) is 23.2 Å². The van der Waals surface area contributed by atoms with Crippen LogP contribution in [0.25, 0.3) is 32.1 Å². The highest BCUT2D eigenvalue weighted by Gasteiger charge is 2.48. The van der Waals surface area contributed by atoms with Gasteiger partial charge in [0.15, 0.2) is 5.82 Å². The van der Waals surface area contributed by atoms with Crippen molar-refractivity contribution >= 4 is 54.7 Å². The smallest absolute Gasteiger partial charge is 0.319 e. The quantitative estimate of drug-likeness (QED) is 0.224. The molecule has 14 heteroatoms. The van der Waals surface area contributed by atoms with E-state index < -0.39 is 17.8 Å². The fraction of sp³-hybridized carbons (Fsp3) is 0.485. The van der Waals surface area contributed by atoms with E-state index in [4.69, 9.17) is 27.1 Å². The zero-order valence-corrected chi connectivity index (χ0v) is 27.0. The number of hydrogen-bond acceptors (Lipinski definition) is 10. The van der Waals surface area contributed by atoms with Gasteiger partial charge in [0.1, 0.15) is 34.4 Å². The number of alkyl halides is 1. The highest BCUT2D eigenvalue weighted by Crippen LogP contribution is 2.49. The zero-order valence-electron chi connectivity index (χ0n) is 25.4. The van der Waals surface area contributed by atoms with Crippen LogP contribution in [0.15, 0.2) is 18.2 Å². The molecule has 1 aliphatic carbocycles. The Morgan fingerprint density at radius 1 is 1.19 bits per heavy atom. The molecular formula is C33H33ClF3N7O2S. The van der Waals surface area contributed by atoms with E-state index in [2.05, 4.69) is 15.2 Å². The van der Waals surface area contributed by atoms with Crippen molar-refractivity contribution in [3.63, 3.8) is 0 Å². The van der Waals surface area contributed by atoms with Gasteiger partial charge in [-0.1, -0.05) is 17.7 Å². The molecule has 5 heterocycles. The van der Waals surface area contributed by atoms with Crippen LogP contribution in [0.4, 0.5) is 24.0 Å². The van der Waals surface area contributed by atoms with Gasteiger partial charge in [-0.3, -0.25) is 4.90 Å². The third-order valence-electron chi connectivity index (χ3n) is 10.2. The zero-order chi connectivity index (χ0) is 32.6. The van der Waals surface area contributed by atoms with Crippen LogP contribution < -0.4 is 20.7 Å². The number of nitriles is 1. The summed E-state index contributed by atoms with van der Waals surface area (Å²) >= 11 is 7.77. The number of nitrogen functional groups attached to an aromatic ring is 1. The number of ether oxygens (including phenoxy) is 1. The fourth-order valence-electron chi connectivity index (χ4n) is 7.67. The standard InChI is InChI=1S/C33H33ClF3N7O2S/c34-23-8-21-28(27(37)26(23)20-3-4-24(36)29-25(20)22(9-38)30(39)47-29)41-32(42-31(21)43-11-17-1-2-18(12-43)40-17)46-15-33(5-6-33)14-44-10-16(35)7-19(44)13-45/h3-4,8,16-19,40,45H,1-2,5-7,10-15,39H2/t16-,17?,18?,19+/m1/s1. The van der Waals surface area contributed by atoms with E-state index in [1.807, 2.05) is 11.0 Å². The van der Waals surface area contributed by atoms with Gasteiger partial charge in [-0.25, -0.2) is 13.2 Å². The van der Waals surface area contributed by atoms with Crippen LogP contribution in [0.5, 0.6) is 6.01 Å². The van der Waals surface area contributed by atoms with E-state index in [1.165, 1.54) is 12.1 Å². The van der Waals surface area contributed by atoms with E-state index in [0.717, 1.165) is 37.0 Å². The minimum atomic E-state index is -0.967. The van der Waals surface area contributed by atoms with Crippen LogP contribution in [-0.4, -0.2) is 83.7 Å². The number of anilines is 2. The van der Waals surface area contributed by atoms with Gasteiger partial charge in [0.2, 0.25) is 0 Å². The molecule has 4 atom stereocenters. The Kier molecular flexibility index (Phi) is 7.64. The topological polar surface area (TPSA) is 124 Å². The van der Waals surface area contributed by atoms with Crippen LogP contribution in [0.3, 0.4) is 0 Å². The van der Waals surface area contributed by atoms with Crippen LogP contribution in [0.1, 0.15) is 37.7 Å². The Hall–Kier alpha value is -3.41. The first-order chi connectivity index (χ1) is 22.7. The number of halogens is 4. The Bertz CT molecular complexity index is 1940. The van der Waals surface area contributed by atoms with Crippen molar-refractivity contribution in [2.24, 2.45) is 5.41 Å². The minimum Gasteiger partial charge on any atom is -0.463 e. The van der Waals surface area contributed by atoms with Crippen molar-refractivity contribution in [2.45, 2.75) is 56.4 Å². The normalized spacial score (nSPS) is 25.1. The van der Waals surface area contributed by atoms with Crippen molar-refractivity contribution in [3.05, 3.63) is 40.4 Å². The number of piperazine rings is 1. The molecule has 0 spiro atoms. The molecule has 9 nitrogen and oxygen atoms in total. The molecule has 2 bridgehead atoms. The summed E-state index contributed by atoms with van der Waals surface area (Å²) < 4.78 is 52.3. The molecule has 0 amide bonds. The maximum Gasteiger partial charge on any atom is 0.319 e. The molecule has 2 aromatic heterocycles. The number of aliphatic hydroxyl groups excluding tert-OH is 1. The lowest BCUT2D eigenvalue weighted by molar-refractivity contribution is 0.112. The Balaban J connectivity index is 1.21. The summed E-state index contributed by atoms with van der Waals surface area (Å²) in [7, 11) is 0. The first kappa shape index (κ1) is 30.9. The van der Waals surface area contributed by atoms with Crippen molar-refractivity contribution < 1.29 is 23.0 Å². The Morgan fingerprint density at radius 3 is 2.66 bits per heavy atom. The number of nitrogens with zero attached hydrogens (tertiary/aromatic N) is 5. The number of aromatic nitrogens is 2. The average Bonchev–Trinajstić information content (AvgIpc) is 3.41. The molecule has 8 rings (SSSR count). The van der Waals surface area contributed by atoms with Crippen molar-refractivity contribution in [1.82, 2.24) is 20.2 Å². The second kappa shape index (κ2) is 11.6. The molecule has 4 N–H and O–H groups in total. The molecule has 4 fully saturated rings. The van der Waals surface area contributed by atoms with Crippen LogP contribution >= 0.6 is 22.9 Å². The number of thiophene rings is 1. The molecule has 246 valence electrons. The first-order valence-electron chi connectivity index (χ1n) is 15.9. The molecule has 1 saturated carbocycles. The van der Waals surface area contributed by atoms with Crippen LogP contribution in [-0.2, 0) is 0 Å². The monoisotopic (exact) mass is 683 g/mol. The molecule has 3 aliphatic heterocycles. The summed E-state index contributed by atoms with van der Waals surface area (Å²) in [5, 5.41) is 24.1. The van der Waals surface area contributed by atoms with Crippen LogP contribution in [0, 0.1) is 28.4 Å². The number of nitrogens with two attached hydrogens (primary N) is 1. The Labute approximate surface area is 278 Å². The van der Waals surface area contributed by atoms with E-state index >= 15 is 4.39 Å². The summed E-state index contributed by atoms with van der Waals surface area (Å²) in [6, 6.07) is 6.64. The second-order valence-corrected chi connectivity index (χ2v) is 14.9. The van der Waals surface area contributed by atoms with Gasteiger partial charge < -0.3 is 25.8 Å². The highest BCUT2D eigenvalue weighted by molar-refractivity contribution is 7.23. The summed E-state index contributed by atoms with van der Waals surface area (Å²) in [5.74, 6) is -0.788. The SMILES string of the molecule is N#Cc1c(N)sc2c(F)ccc(-c3c(Cl)cc4c(N5CC6CCC(C5)N6)nc(OCC5(CN6C[C@H](F)C[C@H]6CO)CC5)nc4c3F)c12. The van der Waals surface area contributed by atoms with Gasteiger partial charge in [0, 0.05) is 66.1 Å². The van der Waals surface area contributed by atoms with Crippen molar-refractivity contribution in [2.75, 3.05) is 50.0 Å². The van der Waals surface area contributed by atoms with Gasteiger partial charge in [-0.2, -0.15) is 15.2 Å². The summed E-state index contributed by atoms with van der Waals surface area (Å²) in [6.45, 7) is 2.38. The summed E-state index contributed by atoms with van der Waals surface area (Å²) in [4.78, 5) is 13.5. The van der Waals surface area contributed by atoms with Gasteiger partial charge in [0.25, 0.3) is 0 Å². The van der Waals surface area contributed by atoms with E-state index in [0.29, 0.717) is 37.3 Å². The molecule has 4 aromatic rings. The number of benzene rings is 2. The predicted octanol–water partition coefficient (Wildman–Crippen LogP) is 5.40. The molecule has 4 aliphatic rings. The second-order valence-electron chi connectivity index (χ2n) is 13.5. The maximum absolute atomic E-state index is 16.9. The lowest BCUT2D eigenvalue weighted by atomic mass is 9.97. The number of fused-ring (bicyclic) bond motifs is 4. The van der Waals surface area contributed by atoms with Crippen LogP contribution in [0.2, 0.25) is 5.02 Å². The van der Waals surface area contributed by atoms with Gasteiger partial charge in [0.05, 0.1) is 28.5 Å². The summed E-state index contributed by atoms with van der Waals surface area (Å²) in [5.41, 5.74) is 6.12. The number of hydrogen-bond donors (Lipinski definition) is 3. The number of aliphatic hydroxyl groups is 1. The first-order valence-corrected chi connectivity index (χ1v) is 17.1. The van der Waals surface area contributed by atoms with Gasteiger partial charge in [-0.05, 0) is 49.8 Å². The molecular weight excluding hydrogens is 651 g/mol. The third kappa shape index (κ3) is 5.34. The molecule has 2 aromatic carbocycles. The maximum atomic E-state index is 16.9. The molecule has 2 unspecified atom stereocenters. The lowest BCUT2D eigenvalue weighted by Gasteiger charge is -2.34. The Morgan fingerprint density at radius 2 is 1.96 bits per heavy atom. The number of nitrogens with one attached hydrogen (secondary N) is 1. The molecule has 47 heavy (non-hydrogen) atoms. The highest BCUT2D eigenvalue weighted by atomic mass is 35.5. The third-order valence-corrected chi connectivity index (χ3v) is 11.6. The largest absolute Gasteiger partial charge is 0.463 e. The molecule has 0 radical (unpaired) electrons.